The second-order valence-electron chi connectivity index (χ2n) is 9.03. The van der Waals surface area contributed by atoms with Crippen LogP contribution in [-0.2, 0) is 4.79 Å². The quantitative estimate of drug-likeness (QED) is 0.566. The predicted molar refractivity (Wildman–Crippen MR) is 128 cm³/mol. The Morgan fingerprint density at radius 3 is 2.24 bits per heavy atom. The van der Waals surface area contributed by atoms with Crippen LogP contribution in [0.15, 0.2) is 53.1 Å². The molecule has 34 heavy (non-hydrogen) atoms. The fraction of sp³-hybridized carbons (Fsp3) is 0.423. The number of halogens is 1. The Balaban J connectivity index is 1.29. The molecule has 0 saturated carbocycles. The lowest BCUT2D eigenvalue weighted by Crippen LogP contribution is -2.54. The molecule has 7 nitrogen and oxygen atoms in total. The molecule has 4 rings (SSSR count). The number of hydrogen-bond acceptors (Lipinski definition) is 6. The number of amides is 1. The summed E-state index contributed by atoms with van der Waals surface area (Å²) in [6.07, 6.45) is 0. The lowest BCUT2D eigenvalue weighted by molar-refractivity contribution is -0.127. The zero-order valence-electron chi connectivity index (χ0n) is 20.2. The minimum absolute atomic E-state index is 0.00326. The first-order valence-electron chi connectivity index (χ1n) is 11.8. The number of hydrogen-bond donors (Lipinski definition) is 1. The summed E-state index contributed by atoms with van der Waals surface area (Å²) < 4.78 is 18.7. The molecule has 0 bridgehead atoms. The van der Waals surface area contributed by atoms with Gasteiger partial charge < -0.3 is 9.84 Å². The molecular formula is C26H32FN5O2. The van der Waals surface area contributed by atoms with Crippen LogP contribution in [0, 0.1) is 12.7 Å². The van der Waals surface area contributed by atoms with Gasteiger partial charge in [-0.2, -0.15) is 4.98 Å². The average molecular weight is 466 g/mol. The third-order valence-corrected chi connectivity index (χ3v) is 6.66. The Hall–Kier alpha value is -3.10. The van der Waals surface area contributed by atoms with Crippen LogP contribution in [0.3, 0.4) is 0 Å². The van der Waals surface area contributed by atoms with E-state index in [1.807, 2.05) is 45.0 Å². The Kier molecular flexibility index (Phi) is 7.38. The molecule has 0 spiro atoms. The molecule has 3 aromatic rings. The Bertz CT molecular complexity index is 1090. The van der Waals surface area contributed by atoms with Crippen LogP contribution in [0.4, 0.5) is 4.39 Å². The van der Waals surface area contributed by atoms with E-state index in [2.05, 4.69) is 32.2 Å². The molecule has 8 heteroatoms. The van der Waals surface area contributed by atoms with Gasteiger partial charge in [0.05, 0.1) is 18.1 Å². The molecule has 180 valence electrons. The van der Waals surface area contributed by atoms with Crippen molar-refractivity contribution in [1.82, 2.24) is 25.3 Å². The highest BCUT2D eigenvalue weighted by atomic mass is 19.1. The van der Waals surface area contributed by atoms with Crippen LogP contribution in [0.5, 0.6) is 0 Å². The lowest BCUT2D eigenvalue weighted by Gasteiger charge is -2.39. The fourth-order valence-electron chi connectivity index (χ4n) is 4.23. The maximum atomic E-state index is 13.2. The highest BCUT2D eigenvalue weighted by molar-refractivity contribution is 5.81. The molecule has 0 radical (unpaired) electrons. The second kappa shape index (κ2) is 10.4. The van der Waals surface area contributed by atoms with E-state index in [9.17, 15) is 9.18 Å². The zero-order valence-corrected chi connectivity index (χ0v) is 20.2. The summed E-state index contributed by atoms with van der Waals surface area (Å²) in [7, 11) is 0. The van der Waals surface area contributed by atoms with Crippen molar-refractivity contribution in [1.29, 1.82) is 0 Å². The number of aryl methyl sites for hydroxylation is 1. The summed E-state index contributed by atoms with van der Waals surface area (Å²) in [5.41, 5.74) is 3.00. The predicted octanol–water partition coefficient (Wildman–Crippen LogP) is 4.13. The van der Waals surface area contributed by atoms with Crippen molar-refractivity contribution < 1.29 is 13.7 Å². The van der Waals surface area contributed by atoms with Crippen molar-refractivity contribution in [3.8, 4) is 11.4 Å². The van der Waals surface area contributed by atoms with E-state index >= 15 is 0 Å². The standard InChI is InChI=1S/C26H32FN5O2/c1-17-5-7-22(8-6-17)24-29-26(34-30-24)20(4)32-15-13-31(14-16-32)19(3)25(33)28-18(2)21-9-11-23(27)12-10-21/h5-12,18-20H,13-16H2,1-4H3,(H,28,33). The van der Waals surface area contributed by atoms with E-state index in [0.29, 0.717) is 11.7 Å². The molecular weight excluding hydrogens is 433 g/mol. The summed E-state index contributed by atoms with van der Waals surface area (Å²) in [5.74, 6) is 0.886. The third kappa shape index (κ3) is 5.51. The molecule has 2 heterocycles. The topological polar surface area (TPSA) is 74.5 Å². The van der Waals surface area contributed by atoms with E-state index in [1.54, 1.807) is 12.1 Å². The van der Waals surface area contributed by atoms with Gasteiger partial charge in [0.15, 0.2) is 0 Å². The molecule has 1 fully saturated rings. The molecule has 1 aliphatic rings. The van der Waals surface area contributed by atoms with Gasteiger partial charge in [0, 0.05) is 31.7 Å². The van der Waals surface area contributed by atoms with E-state index in [1.165, 1.54) is 17.7 Å². The van der Waals surface area contributed by atoms with E-state index in [0.717, 1.165) is 37.3 Å². The number of carbonyl (C=O) groups is 1. The van der Waals surface area contributed by atoms with Crippen molar-refractivity contribution >= 4 is 5.91 Å². The number of nitrogens with zero attached hydrogens (tertiary/aromatic N) is 4. The largest absolute Gasteiger partial charge is 0.348 e. The zero-order chi connectivity index (χ0) is 24.2. The van der Waals surface area contributed by atoms with Gasteiger partial charge in [-0.1, -0.05) is 47.1 Å². The maximum absolute atomic E-state index is 13.2. The molecule has 1 saturated heterocycles. The van der Waals surface area contributed by atoms with Crippen molar-refractivity contribution in [3.05, 3.63) is 71.4 Å². The summed E-state index contributed by atoms with van der Waals surface area (Å²) in [6.45, 7) is 11.1. The minimum atomic E-state index is -0.283. The number of aromatic nitrogens is 2. The lowest BCUT2D eigenvalue weighted by atomic mass is 10.1. The highest BCUT2D eigenvalue weighted by Gasteiger charge is 2.30. The summed E-state index contributed by atoms with van der Waals surface area (Å²) >= 11 is 0. The first-order chi connectivity index (χ1) is 16.3. The van der Waals surface area contributed by atoms with Crippen molar-refractivity contribution in [2.75, 3.05) is 26.2 Å². The van der Waals surface area contributed by atoms with Gasteiger partial charge in [-0.3, -0.25) is 14.6 Å². The number of nitrogens with one attached hydrogen (secondary N) is 1. The minimum Gasteiger partial charge on any atom is -0.348 e. The van der Waals surface area contributed by atoms with E-state index in [-0.39, 0.29) is 29.8 Å². The van der Waals surface area contributed by atoms with Crippen molar-refractivity contribution in [2.45, 2.75) is 45.8 Å². The van der Waals surface area contributed by atoms with Crippen LogP contribution in [0.25, 0.3) is 11.4 Å². The monoisotopic (exact) mass is 465 g/mol. The average Bonchev–Trinajstić information content (AvgIpc) is 3.34. The number of benzene rings is 2. The normalized spacial score (nSPS) is 17.8. The second-order valence-corrected chi connectivity index (χ2v) is 9.03. The van der Waals surface area contributed by atoms with Gasteiger partial charge in [0.2, 0.25) is 17.6 Å². The third-order valence-electron chi connectivity index (χ3n) is 6.66. The number of carbonyl (C=O) groups excluding carboxylic acids is 1. The van der Waals surface area contributed by atoms with Crippen LogP contribution in [0.1, 0.15) is 49.9 Å². The molecule has 0 aliphatic carbocycles. The van der Waals surface area contributed by atoms with Crippen molar-refractivity contribution in [2.24, 2.45) is 0 Å². The van der Waals surface area contributed by atoms with Crippen LogP contribution >= 0.6 is 0 Å². The Labute approximate surface area is 200 Å². The summed E-state index contributed by atoms with van der Waals surface area (Å²) in [6, 6.07) is 13.8. The molecule has 3 atom stereocenters. The fourth-order valence-corrected chi connectivity index (χ4v) is 4.23. The molecule has 1 aliphatic heterocycles. The molecule has 1 aromatic heterocycles. The molecule has 1 amide bonds. The van der Waals surface area contributed by atoms with Crippen molar-refractivity contribution in [3.63, 3.8) is 0 Å². The molecule has 2 aromatic carbocycles. The van der Waals surface area contributed by atoms with Gasteiger partial charge in [0.1, 0.15) is 5.82 Å². The van der Waals surface area contributed by atoms with Gasteiger partial charge >= 0.3 is 0 Å². The maximum Gasteiger partial charge on any atom is 0.244 e. The van der Waals surface area contributed by atoms with Gasteiger partial charge in [-0.25, -0.2) is 4.39 Å². The number of rotatable bonds is 7. The smallest absolute Gasteiger partial charge is 0.244 e. The van der Waals surface area contributed by atoms with Crippen LogP contribution in [-0.4, -0.2) is 58.1 Å². The Morgan fingerprint density at radius 1 is 0.971 bits per heavy atom. The van der Waals surface area contributed by atoms with Gasteiger partial charge in [0.25, 0.3) is 0 Å². The first-order valence-corrected chi connectivity index (χ1v) is 11.8. The van der Waals surface area contributed by atoms with Crippen LogP contribution in [0.2, 0.25) is 0 Å². The van der Waals surface area contributed by atoms with Crippen LogP contribution < -0.4 is 5.32 Å². The van der Waals surface area contributed by atoms with Gasteiger partial charge in [-0.15, -0.1) is 0 Å². The van der Waals surface area contributed by atoms with Gasteiger partial charge in [-0.05, 0) is 45.4 Å². The highest BCUT2D eigenvalue weighted by Crippen LogP contribution is 2.24. The summed E-state index contributed by atoms with van der Waals surface area (Å²) in [4.78, 5) is 21.9. The van der Waals surface area contributed by atoms with E-state index < -0.39 is 0 Å². The Morgan fingerprint density at radius 2 is 1.59 bits per heavy atom. The number of piperazine rings is 1. The SMILES string of the molecule is Cc1ccc(-c2noc(C(C)N3CCN(C(C)C(=O)NC(C)c4ccc(F)cc4)CC3)n2)cc1. The molecule has 3 unspecified atom stereocenters. The van der Waals surface area contributed by atoms with E-state index in [4.69, 9.17) is 4.52 Å². The first kappa shape index (κ1) is 24.0. The molecule has 1 N–H and O–H groups in total. The summed E-state index contributed by atoms with van der Waals surface area (Å²) in [5, 5.41) is 7.20.